The average molecular weight is 282 g/mol. The van der Waals surface area contributed by atoms with Crippen LogP contribution in [0.15, 0.2) is 24.3 Å². The van der Waals surface area contributed by atoms with Gasteiger partial charge in [-0.1, -0.05) is 40.2 Å². The molecule has 3 heteroatoms. The van der Waals surface area contributed by atoms with Crippen LogP contribution in [-0.4, -0.2) is 17.8 Å². The molecule has 1 N–H and O–H groups in total. The number of carbonyl (C=O) groups is 1. The fraction of sp³-hybridized carbons (Fsp3) is 0.462. The van der Waals surface area contributed by atoms with Gasteiger partial charge < -0.3 is 5.32 Å². The highest BCUT2D eigenvalue weighted by Gasteiger charge is 2.31. The second kappa shape index (κ2) is 5.48. The van der Waals surface area contributed by atoms with Crippen molar-refractivity contribution in [1.82, 2.24) is 5.32 Å². The normalized spacial score (nSPS) is 17.4. The SMILES string of the molecule is O=C(NCCCCBr)C1Cc2ccccc21. The maximum atomic E-state index is 11.8. The van der Waals surface area contributed by atoms with Gasteiger partial charge in [0.2, 0.25) is 5.91 Å². The number of benzene rings is 1. The molecule has 1 aliphatic carbocycles. The second-order valence-corrected chi connectivity index (χ2v) is 4.94. The standard InChI is InChI=1S/C13H16BrNO/c14-7-3-4-8-15-13(16)12-9-10-5-1-2-6-11(10)12/h1-2,5-6,12H,3-4,7-9H2,(H,15,16). The molecule has 1 aliphatic rings. The molecular weight excluding hydrogens is 266 g/mol. The van der Waals surface area contributed by atoms with Crippen LogP contribution in [0.2, 0.25) is 0 Å². The highest BCUT2D eigenvalue weighted by Crippen LogP contribution is 2.34. The van der Waals surface area contributed by atoms with E-state index in [0.29, 0.717) is 0 Å². The Bertz CT molecular complexity index is 378. The number of halogens is 1. The molecule has 0 radical (unpaired) electrons. The van der Waals surface area contributed by atoms with Crippen LogP contribution in [0.4, 0.5) is 0 Å². The molecule has 1 amide bonds. The lowest BCUT2D eigenvalue weighted by Gasteiger charge is -2.28. The molecule has 1 atom stereocenters. The first kappa shape index (κ1) is 11.6. The quantitative estimate of drug-likeness (QED) is 0.653. The second-order valence-electron chi connectivity index (χ2n) is 4.14. The predicted molar refractivity (Wildman–Crippen MR) is 68.9 cm³/mol. The maximum Gasteiger partial charge on any atom is 0.227 e. The lowest BCUT2D eigenvalue weighted by atomic mass is 9.77. The van der Waals surface area contributed by atoms with Crippen molar-refractivity contribution in [2.24, 2.45) is 0 Å². The monoisotopic (exact) mass is 281 g/mol. The zero-order valence-electron chi connectivity index (χ0n) is 9.21. The zero-order valence-corrected chi connectivity index (χ0v) is 10.8. The summed E-state index contributed by atoms with van der Waals surface area (Å²) in [7, 11) is 0. The highest BCUT2D eigenvalue weighted by molar-refractivity contribution is 9.09. The van der Waals surface area contributed by atoms with E-state index < -0.39 is 0 Å². The summed E-state index contributed by atoms with van der Waals surface area (Å²) in [6, 6.07) is 8.19. The zero-order chi connectivity index (χ0) is 11.4. The minimum atomic E-state index is 0.0974. The van der Waals surface area contributed by atoms with Gasteiger partial charge in [-0.05, 0) is 30.4 Å². The van der Waals surface area contributed by atoms with Gasteiger partial charge in [0.05, 0.1) is 5.92 Å². The molecule has 2 nitrogen and oxygen atoms in total. The summed E-state index contributed by atoms with van der Waals surface area (Å²) in [6.45, 7) is 0.795. The number of fused-ring (bicyclic) bond motifs is 1. The van der Waals surface area contributed by atoms with Crippen LogP contribution in [0.3, 0.4) is 0 Å². The van der Waals surface area contributed by atoms with Crippen LogP contribution >= 0.6 is 15.9 Å². The van der Waals surface area contributed by atoms with E-state index in [1.54, 1.807) is 0 Å². The fourth-order valence-electron chi connectivity index (χ4n) is 2.05. The molecule has 1 aromatic rings. The Morgan fingerprint density at radius 3 is 2.94 bits per heavy atom. The van der Waals surface area contributed by atoms with Crippen molar-refractivity contribution in [2.45, 2.75) is 25.2 Å². The molecule has 0 aliphatic heterocycles. The molecule has 0 spiro atoms. The number of hydrogen-bond acceptors (Lipinski definition) is 1. The first-order chi connectivity index (χ1) is 7.83. The van der Waals surface area contributed by atoms with E-state index in [0.717, 1.165) is 31.1 Å². The van der Waals surface area contributed by atoms with Crippen molar-refractivity contribution in [3.05, 3.63) is 35.4 Å². The van der Waals surface area contributed by atoms with Crippen LogP contribution in [-0.2, 0) is 11.2 Å². The highest BCUT2D eigenvalue weighted by atomic mass is 79.9. The minimum absolute atomic E-state index is 0.0974. The lowest BCUT2D eigenvalue weighted by Crippen LogP contribution is -2.35. The number of unbranched alkanes of at least 4 members (excludes halogenated alkanes) is 1. The van der Waals surface area contributed by atoms with Crippen molar-refractivity contribution >= 4 is 21.8 Å². The van der Waals surface area contributed by atoms with Crippen LogP contribution < -0.4 is 5.32 Å². The summed E-state index contributed by atoms with van der Waals surface area (Å²) >= 11 is 3.38. The van der Waals surface area contributed by atoms with Crippen LogP contribution in [0.1, 0.15) is 29.9 Å². The average Bonchev–Trinajstić information content (AvgIpc) is 2.26. The van der Waals surface area contributed by atoms with Crippen LogP contribution in [0.5, 0.6) is 0 Å². The van der Waals surface area contributed by atoms with Gasteiger partial charge in [-0.2, -0.15) is 0 Å². The molecule has 0 bridgehead atoms. The predicted octanol–water partition coefficient (Wildman–Crippen LogP) is 2.62. The van der Waals surface area contributed by atoms with Crippen LogP contribution in [0.25, 0.3) is 0 Å². The largest absolute Gasteiger partial charge is 0.356 e. The van der Waals surface area contributed by atoms with E-state index in [1.165, 1.54) is 11.1 Å². The summed E-state index contributed by atoms with van der Waals surface area (Å²) in [6.07, 6.45) is 3.06. The molecule has 1 aromatic carbocycles. The van der Waals surface area contributed by atoms with E-state index in [4.69, 9.17) is 0 Å². The van der Waals surface area contributed by atoms with E-state index in [2.05, 4.69) is 33.4 Å². The summed E-state index contributed by atoms with van der Waals surface area (Å²) in [5, 5.41) is 4.01. The van der Waals surface area contributed by atoms with Gasteiger partial charge in [0.25, 0.3) is 0 Å². The van der Waals surface area contributed by atoms with Crippen LogP contribution in [0, 0.1) is 0 Å². The first-order valence-electron chi connectivity index (χ1n) is 5.74. The molecular formula is C13H16BrNO. The van der Waals surface area contributed by atoms with Crippen molar-refractivity contribution in [3.8, 4) is 0 Å². The van der Waals surface area contributed by atoms with Gasteiger partial charge in [0.1, 0.15) is 0 Å². The third-order valence-corrected chi connectivity index (χ3v) is 3.59. The Hall–Kier alpha value is -0.830. The molecule has 0 saturated carbocycles. The van der Waals surface area contributed by atoms with E-state index in [9.17, 15) is 4.79 Å². The first-order valence-corrected chi connectivity index (χ1v) is 6.86. The molecule has 0 heterocycles. The summed E-state index contributed by atoms with van der Waals surface area (Å²) in [5.74, 6) is 0.286. The molecule has 0 aromatic heterocycles. The Morgan fingerprint density at radius 1 is 1.38 bits per heavy atom. The Morgan fingerprint density at radius 2 is 2.19 bits per heavy atom. The Kier molecular flexibility index (Phi) is 3.99. The topological polar surface area (TPSA) is 29.1 Å². The molecule has 1 unspecified atom stereocenters. The van der Waals surface area contributed by atoms with E-state index >= 15 is 0 Å². The van der Waals surface area contributed by atoms with Crippen molar-refractivity contribution in [1.29, 1.82) is 0 Å². The van der Waals surface area contributed by atoms with E-state index in [1.807, 2.05) is 12.1 Å². The van der Waals surface area contributed by atoms with Gasteiger partial charge in [-0.15, -0.1) is 0 Å². The van der Waals surface area contributed by atoms with Gasteiger partial charge in [-0.25, -0.2) is 0 Å². The summed E-state index contributed by atoms with van der Waals surface area (Å²) in [4.78, 5) is 11.8. The number of alkyl halides is 1. The number of rotatable bonds is 5. The lowest BCUT2D eigenvalue weighted by molar-refractivity contribution is -0.123. The molecule has 2 rings (SSSR count). The number of carbonyl (C=O) groups excluding carboxylic acids is 1. The Labute approximate surface area is 105 Å². The van der Waals surface area contributed by atoms with Crippen molar-refractivity contribution in [3.63, 3.8) is 0 Å². The fourth-order valence-corrected chi connectivity index (χ4v) is 2.44. The third-order valence-electron chi connectivity index (χ3n) is 3.03. The molecule has 16 heavy (non-hydrogen) atoms. The smallest absolute Gasteiger partial charge is 0.227 e. The molecule has 86 valence electrons. The van der Waals surface area contributed by atoms with Gasteiger partial charge in [-0.3, -0.25) is 4.79 Å². The van der Waals surface area contributed by atoms with Crippen molar-refractivity contribution < 1.29 is 4.79 Å². The van der Waals surface area contributed by atoms with Gasteiger partial charge in [0.15, 0.2) is 0 Å². The minimum Gasteiger partial charge on any atom is -0.356 e. The Balaban J connectivity index is 1.80. The van der Waals surface area contributed by atoms with Gasteiger partial charge in [0, 0.05) is 11.9 Å². The third kappa shape index (κ3) is 2.46. The van der Waals surface area contributed by atoms with Crippen molar-refractivity contribution in [2.75, 3.05) is 11.9 Å². The number of nitrogens with one attached hydrogen (secondary N) is 1. The number of amides is 1. The maximum absolute atomic E-state index is 11.8. The molecule has 0 fully saturated rings. The number of hydrogen-bond donors (Lipinski definition) is 1. The van der Waals surface area contributed by atoms with E-state index in [-0.39, 0.29) is 11.8 Å². The summed E-state index contributed by atoms with van der Waals surface area (Å²) < 4.78 is 0. The van der Waals surface area contributed by atoms with Gasteiger partial charge >= 0.3 is 0 Å². The summed E-state index contributed by atoms with van der Waals surface area (Å²) in [5.41, 5.74) is 2.53. The molecule has 0 saturated heterocycles.